The Kier molecular flexibility index (Phi) is 6.69. The molecule has 0 N–H and O–H groups in total. The topological polar surface area (TPSA) is 75.8 Å². The molecule has 6 nitrogen and oxygen atoms in total. The van der Waals surface area contributed by atoms with E-state index in [1.807, 2.05) is 60.7 Å². The highest BCUT2D eigenvalue weighted by molar-refractivity contribution is 8.13. The van der Waals surface area contributed by atoms with Crippen LogP contribution in [-0.4, -0.2) is 33.2 Å². The van der Waals surface area contributed by atoms with Crippen LogP contribution in [0.25, 0.3) is 0 Å². The van der Waals surface area contributed by atoms with Gasteiger partial charge in [-0.3, -0.25) is 19.8 Å². The van der Waals surface area contributed by atoms with E-state index in [4.69, 9.17) is 0 Å². The summed E-state index contributed by atoms with van der Waals surface area (Å²) in [7, 11) is 0. The van der Waals surface area contributed by atoms with E-state index in [0.29, 0.717) is 16.6 Å². The fourth-order valence-corrected chi connectivity index (χ4v) is 4.98. The monoisotopic (exact) mass is 449 g/mol. The van der Waals surface area contributed by atoms with Crippen LogP contribution in [-0.2, 0) is 0 Å². The van der Waals surface area contributed by atoms with Crippen molar-refractivity contribution in [1.82, 2.24) is 4.90 Å². The molecule has 0 spiro atoms. The summed E-state index contributed by atoms with van der Waals surface area (Å²) >= 11 is 2.83. The second-order valence-corrected chi connectivity index (χ2v) is 8.92. The third-order valence-corrected chi connectivity index (χ3v) is 6.72. The van der Waals surface area contributed by atoms with Crippen LogP contribution in [0.2, 0.25) is 0 Å². The smallest absolute Gasteiger partial charge is 0.284 e. The number of amides is 1. The molecule has 0 saturated carbocycles. The van der Waals surface area contributed by atoms with Crippen molar-refractivity contribution in [2.75, 3.05) is 12.3 Å². The van der Waals surface area contributed by atoms with Crippen LogP contribution in [0, 0.1) is 10.1 Å². The van der Waals surface area contributed by atoms with Gasteiger partial charge in [0.1, 0.15) is 0 Å². The first-order valence-corrected chi connectivity index (χ1v) is 11.5. The number of aliphatic imine (C=N–C) groups is 1. The van der Waals surface area contributed by atoms with Crippen LogP contribution in [0.15, 0.2) is 93.6 Å². The van der Waals surface area contributed by atoms with E-state index in [0.717, 1.165) is 22.8 Å². The number of benzene rings is 3. The van der Waals surface area contributed by atoms with Crippen LogP contribution in [0.5, 0.6) is 0 Å². The minimum absolute atomic E-state index is 0.0779. The highest BCUT2D eigenvalue weighted by atomic mass is 32.2. The zero-order valence-electron chi connectivity index (χ0n) is 16.5. The Labute approximate surface area is 188 Å². The van der Waals surface area contributed by atoms with E-state index in [1.165, 1.54) is 29.6 Å². The van der Waals surface area contributed by atoms with Crippen molar-refractivity contribution in [2.45, 2.75) is 16.2 Å². The second-order valence-electron chi connectivity index (χ2n) is 6.74. The number of carbonyl (C=O) groups is 1. The number of nitro benzene ring substituents is 1. The first kappa shape index (κ1) is 21.1. The highest BCUT2D eigenvalue weighted by Gasteiger charge is 2.27. The fraction of sp³-hybridized carbons (Fsp3) is 0.130. The van der Waals surface area contributed by atoms with Gasteiger partial charge < -0.3 is 0 Å². The standard InChI is InChI=1S/C23H19N3O3S2/c27-22(25-14-7-15-30-23(25)24-18-8-3-1-4-9-18)17-12-13-21(20(16-17)26(28)29)31-19-10-5-2-6-11-19/h1-6,8-13,16H,7,14-15H2. The number of rotatable bonds is 5. The normalized spacial score (nSPS) is 15.1. The molecule has 1 fully saturated rings. The zero-order chi connectivity index (χ0) is 21.6. The number of thioether (sulfide) groups is 1. The molecule has 156 valence electrons. The number of para-hydroxylation sites is 1. The molecular weight excluding hydrogens is 430 g/mol. The Morgan fingerprint density at radius 3 is 2.45 bits per heavy atom. The summed E-state index contributed by atoms with van der Waals surface area (Å²) in [6.45, 7) is 0.534. The second kappa shape index (κ2) is 9.80. The van der Waals surface area contributed by atoms with Crippen molar-refractivity contribution in [3.05, 3.63) is 94.5 Å². The SMILES string of the molecule is O=C(c1ccc(Sc2ccccc2)c([N+](=O)[O-])c1)N1CCCSC1=Nc1ccccc1. The molecule has 0 aromatic heterocycles. The van der Waals surface area contributed by atoms with Crippen LogP contribution in [0.3, 0.4) is 0 Å². The highest BCUT2D eigenvalue weighted by Crippen LogP contribution is 2.36. The van der Waals surface area contributed by atoms with Crippen LogP contribution in [0.4, 0.5) is 11.4 Å². The minimum Gasteiger partial charge on any atom is -0.287 e. The first-order chi connectivity index (χ1) is 15.1. The number of amidine groups is 1. The molecule has 0 atom stereocenters. The van der Waals surface area contributed by atoms with E-state index in [9.17, 15) is 14.9 Å². The van der Waals surface area contributed by atoms with Gasteiger partial charge in [0.15, 0.2) is 5.17 Å². The Morgan fingerprint density at radius 2 is 1.74 bits per heavy atom. The lowest BCUT2D eigenvalue weighted by molar-refractivity contribution is -0.387. The van der Waals surface area contributed by atoms with Crippen molar-refractivity contribution in [3.63, 3.8) is 0 Å². The van der Waals surface area contributed by atoms with Crippen molar-refractivity contribution < 1.29 is 9.72 Å². The summed E-state index contributed by atoms with van der Waals surface area (Å²) < 4.78 is 0. The van der Waals surface area contributed by atoms with E-state index in [2.05, 4.69) is 4.99 Å². The van der Waals surface area contributed by atoms with E-state index in [-0.39, 0.29) is 17.2 Å². The summed E-state index contributed by atoms with van der Waals surface area (Å²) in [4.78, 5) is 32.2. The molecule has 1 saturated heterocycles. The van der Waals surface area contributed by atoms with Gasteiger partial charge >= 0.3 is 0 Å². The first-order valence-electron chi connectivity index (χ1n) is 9.71. The molecule has 1 amide bonds. The van der Waals surface area contributed by atoms with Crippen LogP contribution >= 0.6 is 23.5 Å². The van der Waals surface area contributed by atoms with Crippen molar-refractivity contribution in [1.29, 1.82) is 0 Å². The largest absolute Gasteiger partial charge is 0.287 e. The molecular formula is C23H19N3O3S2. The number of carbonyl (C=O) groups excluding carboxylic acids is 1. The molecule has 0 unspecified atom stereocenters. The molecule has 4 rings (SSSR count). The lowest BCUT2D eigenvalue weighted by Gasteiger charge is -2.27. The molecule has 1 heterocycles. The third-order valence-electron chi connectivity index (χ3n) is 4.59. The summed E-state index contributed by atoms with van der Waals surface area (Å²) in [5.74, 6) is 0.601. The van der Waals surface area contributed by atoms with Crippen LogP contribution in [0.1, 0.15) is 16.8 Å². The predicted molar refractivity (Wildman–Crippen MR) is 125 cm³/mol. The van der Waals surface area contributed by atoms with Gasteiger partial charge in [-0.05, 0) is 42.8 Å². The summed E-state index contributed by atoms with van der Waals surface area (Å²) in [6.07, 6.45) is 0.842. The lowest BCUT2D eigenvalue weighted by Crippen LogP contribution is -2.39. The maximum absolute atomic E-state index is 13.2. The molecule has 3 aromatic rings. The number of nitro groups is 1. The van der Waals surface area contributed by atoms with Crippen molar-refractivity contribution in [2.24, 2.45) is 4.99 Å². The van der Waals surface area contributed by atoms with Gasteiger partial charge in [-0.25, -0.2) is 4.99 Å². The molecule has 1 aliphatic rings. The Balaban J connectivity index is 1.63. The van der Waals surface area contributed by atoms with Gasteiger partial charge in [-0.1, -0.05) is 59.9 Å². The minimum atomic E-state index is -0.439. The van der Waals surface area contributed by atoms with Gasteiger partial charge in [0, 0.05) is 28.8 Å². The average molecular weight is 450 g/mol. The zero-order valence-corrected chi connectivity index (χ0v) is 18.1. The van der Waals surface area contributed by atoms with Crippen molar-refractivity contribution in [3.8, 4) is 0 Å². The molecule has 1 aliphatic heterocycles. The number of nitrogens with zero attached hydrogens (tertiary/aromatic N) is 3. The Hall–Kier alpha value is -3.10. The van der Waals surface area contributed by atoms with Gasteiger partial charge in [0.25, 0.3) is 11.6 Å². The van der Waals surface area contributed by atoms with E-state index >= 15 is 0 Å². The average Bonchev–Trinajstić information content (AvgIpc) is 2.80. The Morgan fingerprint density at radius 1 is 1.03 bits per heavy atom. The van der Waals surface area contributed by atoms with Crippen molar-refractivity contribution >= 4 is 46.0 Å². The van der Waals surface area contributed by atoms with E-state index < -0.39 is 4.92 Å². The summed E-state index contributed by atoms with van der Waals surface area (Å²) in [6, 6.07) is 23.6. The van der Waals surface area contributed by atoms with Gasteiger partial charge in [-0.15, -0.1) is 0 Å². The molecule has 3 aromatic carbocycles. The molecule has 0 radical (unpaired) electrons. The maximum atomic E-state index is 13.2. The van der Waals surface area contributed by atoms with E-state index in [1.54, 1.807) is 17.0 Å². The lowest BCUT2D eigenvalue weighted by atomic mass is 10.1. The molecule has 31 heavy (non-hydrogen) atoms. The number of hydrogen-bond donors (Lipinski definition) is 0. The van der Waals surface area contributed by atoms with Gasteiger partial charge in [0.05, 0.1) is 15.5 Å². The third kappa shape index (κ3) is 5.15. The molecule has 0 aliphatic carbocycles. The van der Waals surface area contributed by atoms with Crippen LogP contribution < -0.4 is 0 Å². The summed E-state index contributed by atoms with van der Waals surface area (Å²) in [5, 5.41) is 12.3. The maximum Gasteiger partial charge on any atom is 0.284 e. The van der Waals surface area contributed by atoms with Gasteiger partial charge in [-0.2, -0.15) is 0 Å². The van der Waals surface area contributed by atoms with Gasteiger partial charge in [0.2, 0.25) is 0 Å². The fourth-order valence-electron chi connectivity index (χ4n) is 3.10. The number of hydrogen-bond acceptors (Lipinski definition) is 6. The predicted octanol–water partition coefficient (Wildman–Crippen LogP) is 6.01. The Bertz CT molecular complexity index is 1120. The molecule has 8 heteroatoms. The quantitative estimate of drug-likeness (QED) is 0.352. The molecule has 0 bridgehead atoms. The summed E-state index contributed by atoms with van der Waals surface area (Å²) in [5.41, 5.74) is 0.976.